The maximum Gasteiger partial charge on any atom is 0.150 e. The second-order valence-corrected chi connectivity index (χ2v) is 7.56. The van der Waals surface area contributed by atoms with Crippen LogP contribution in [0.25, 0.3) is 0 Å². The van der Waals surface area contributed by atoms with Gasteiger partial charge < -0.3 is 5.32 Å². The molecular weight excluding hydrogens is 270 g/mol. The Hall–Kier alpha value is -0.580. The van der Waals surface area contributed by atoms with Crippen LogP contribution in [-0.4, -0.2) is 27.0 Å². The Labute approximate surface area is 113 Å². The van der Waals surface area contributed by atoms with Crippen molar-refractivity contribution in [1.29, 1.82) is 0 Å². The molecule has 100 valence electrons. The molecule has 1 aromatic carbocycles. The van der Waals surface area contributed by atoms with Gasteiger partial charge in [-0.25, -0.2) is 8.42 Å². The van der Waals surface area contributed by atoms with Gasteiger partial charge in [0.05, 0.1) is 11.5 Å². The van der Waals surface area contributed by atoms with Gasteiger partial charge >= 0.3 is 0 Å². The molecule has 1 heterocycles. The Morgan fingerprint density at radius 1 is 1.39 bits per heavy atom. The van der Waals surface area contributed by atoms with Gasteiger partial charge in [0.15, 0.2) is 9.84 Å². The van der Waals surface area contributed by atoms with Gasteiger partial charge in [-0.3, -0.25) is 0 Å². The standard InChI is InChI=1S/C13H18ClNO2S/c1-15-13(11-2-4-12(14)5-3-11)8-10-6-7-18(16,17)9-10/h2-5,10,13,15H,6-9H2,1H3. The zero-order chi connectivity index (χ0) is 13.2. The van der Waals surface area contributed by atoms with Gasteiger partial charge in [0.25, 0.3) is 0 Å². The van der Waals surface area contributed by atoms with Crippen molar-refractivity contribution >= 4 is 21.4 Å². The summed E-state index contributed by atoms with van der Waals surface area (Å²) in [6, 6.07) is 7.92. The molecule has 0 saturated carbocycles. The van der Waals surface area contributed by atoms with Crippen molar-refractivity contribution in [3.8, 4) is 0 Å². The van der Waals surface area contributed by atoms with Crippen molar-refractivity contribution < 1.29 is 8.42 Å². The molecule has 0 spiro atoms. The van der Waals surface area contributed by atoms with Gasteiger partial charge in [0, 0.05) is 11.1 Å². The Morgan fingerprint density at radius 3 is 2.56 bits per heavy atom. The normalized spacial score (nSPS) is 24.0. The molecule has 1 saturated heterocycles. The second kappa shape index (κ2) is 5.59. The zero-order valence-electron chi connectivity index (χ0n) is 10.4. The summed E-state index contributed by atoms with van der Waals surface area (Å²) in [7, 11) is -0.882. The van der Waals surface area contributed by atoms with Crippen molar-refractivity contribution in [2.24, 2.45) is 5.92 Å². The molecule has 1 fully saturated rings. The zero-order valence-corrected chi connectivity index (χ0v) is 12.0. The minimum Gasteiger partial charge on any atom is -0.313 e. The molecule has 2 unspecified atom stereocenters. The molecule has 1 aliphatic heterocycles. The molecule has 0 radical (unpaired) electrons. The third-order valence-electron chi connectivity index (χ3n) is 3.52. The van der Waals surface area contributed by atoms with Gasteiger partial charge in [-0.1, -0.05) is 23.7 Å². The first-order valence-electron chi connectivity index (χ1n) is 6.13. The number of sulfone groups is 1. The minimum absolute atomic E-state index is 0.195. The summed E-state index contributed by atoms with van der Waals surface area (Å²) in [4.78, 5) is 0. The summed E-state index contributed by atoms with van der Waals surface area (Å²) in [6.45, 7) is 0. The van der Waals surface area contributed by atoms with E-state index in [-0.39, 0.29) is 12.0 Å². The number of hydrogen-bond acceptors (Lipinski definition) is 3. The highest BCUT2D eigenvalue weighted by atomic mass is 35.5. The summed E-state index contributed by atoms with van der Waals surface area (Å²) >= 11 is 5.87. The number of hydrogen-bond donors (Lipinski definition) is 1. The molecule has 2 atom stereocenters. The molecule has 0 bridgehead atoms. The third kappa shape index (κ3) is 3.46. The fraction of sp³-hybridized carbons (Fsp3) is 0.538. The molecule has 0 aromatic heterocycles. The summed E-state index contributed by atoms with van der Waals surface area (Å²) in [5, 5.41) is 3.97. The SMILES string of the molecule is CNC(CC1CCS(=O)(=O)C1)c1ccc(Cl)cc1. The highest BCUT2D eigenvalue weighted by Gasteiger charge is 2.29. The second-order valence-electron chi connectivity index (χ2n) is 4.90. The van der Waals surface area contributed by atoms with Crippen LogP contribution in [0, 0.1) is 5.92 Å². The van der Waals surface area contributed by atoms with Crippen molar-refractivity contribution in [1.82, 2.24) is 5.32 Å². The van der Waals surface area contributed by atoms with Crippen molar-refractivity contribution in [3.05, 3.63) is 34.9 Å². The average molecular weight is 288 g/mol. The molecular formula is C13H18ClNO2S. The molecule has 3 nitrogen and oxygen atoms in total. The van der Waals surface area contributed by atoms with Gasteiger partial charge in [0.1, 0.15) is 0 Å². The van der Waals surface area contributed by atoms with Crippen LogP contribution in [0.15, 0.2) is 24.3 Å². The monoisotopic (exact) mass is 287 g/mol. The molecule has 18 heavy (non-hydrogen) atoms. The largest absolute Gasteiger partial charge is 0.313 e. The molecule has 1 aliphatic rings. The van der Waals surface area contributed by atoms with Gasteiger partial charge in [-0.05, 0) is 43.5 Å². The van der Waals surface area contributed by atoms with Crippen LogP contribution in [0.3, 0.4) is 0 Å². The first-order valence-corrected chi connectivity index (χ1v) is 8.33. The van der Waals surface area contributed by atoms with Crippen LogP contribution in [0.2, 0.25) is 5.02 Å². The van der Waals surface area contributed by atoms with E-state index in [1.54, 1.807) is 0 Å². The highest BCUT2D eigenvalue weighted by Crippen LogP contribution is 2.29. The van der Waals surface area contributed by atoms with E-state index in [0.717, 1.165) is 23.4 Å². The summed E-state index contributed by atoms with van der Waals surface area (Å²) < 4.78 is 22.9. The average Bonchev–Trinajstić information content (AvgIpc) is 2.67. The molecule has 1 N–H and O–H groups in total. The number of benzene rings is 1. The fourth-order valence-corrected chi connectivity index (χ4v) is 4.51. The first-order chi connectivity index (χ1) is 8.50. The molecule has 1 aromatic rings. The van der Waals surface area contributed by atoms with Crippen LogP contribution < -0.4 is 5.32 Å². The van der Waals surface area contributed by atoms with Crippen LogP contribution in [0.5, 0.6) is 0 Å². The molecule has 2 rings (SSSR count). The summed E-state index contributed by atoms with van der Waals surface area (Å²) in [5.74, 6) is 0.941. The number of rotatable bonds is 4. The lowest BCUT2D eigenvalue weighted by molar-refractivity contribution is 0.437. The fourth-order valence-electron chi connectivity index (χ4n) is 2.51. The predicted octanol–water partition coefficient (Wildman–Crippen LogP) is 2.43. The Kier molecular flexibility index (Phi) is 4.30. The van der Waals surface area contributed by atoms with E-state index in [9.17, 15) is 8.42 Å². The Balaban J connectivity index is 2.04. The summed E-state index contributed by atoms with van der Waals surface area (Å²) in [6.07, 6.45) is 1.64. The van der Waals surface area contributed by atoms with E-state index in [1.807, 2.05) is 31.3 Å². The van der Waals surface area contributed by atoms with Crippen LogP contribution >= 0.6 is 11.6 Å². The number of nitrogens with one attached hydrogen (secondary N) is 1. The third-order valence-corrected chi connectivity index (χ3v) is 5.61. The van der Waals surface area contributed by atoms with Gasteiger partial charge in [0.2, 0.25) is 0 Å². The minimum atomic E-state index is -2.79. The molecule has 0 aliphatic carbocycles. The molecule has 5 heteroatoms. The van der Waals surface area contributed by atoms with Crippen molar-refractivity contribution in [2.75, 3.05) is 18.6 Å². The lowest BCUT2D eigenvalue weighted by Crippen LogP contribution is -2.20. The lowest BCUT2D eigenvalue weighted by atomic mass is 9.94. The summed E-state index contributed by atoms with van der Waals surface area (Å²) in [5.41, 5.74) is 1.16. The smallest absolute Gasteiger partial charge is 0.150 e. The predicted molar refractivity (Wildman–Crippen MR) is 74.6 cm³/mol. The lowest BCUT2D eigenvalue weighted by Gasteiger charge is -2.20. The van der Waals surface area contributed by atoms with Crippen molar-refractivity contribution in [3.63, 3.8) is 0 Å². The van der Waals surface area contributed by atoms with Crippen LogP contribution in [0.1, 0.15) is 24.4 Å². The van der Waals surface area contributed by atoms with E-state index in [2.05, 4.69) is 5.32 Å². The topological polar surface area (TPSA) is 46.2 Å². The highest BCUT2D eigenvalue weighted by molar-refractivity contribution is 7.91. The number of halogens is 1. The van der Waals surface area contributed by atoms with Crippen LogP contribution in [-0.2, 0) is 9.84 Å². The Morgan fingerprint density at radius 2 is 2.06 bits per heavy atom. The van der Waals surface area contributed by atoms with E-state index >= 15 is 0 Å². The first kappa shape index (κ1) is 13.8. The van der Waals surface area contributed by atoms with Crippen LogP contribution in [0.4, 0.5) is 0 Å². The van der Waals surface area contributed by atoms with E-state index in [4.69, 9.17) is 11.6 Å². The quantitative estimate of drug-likeness (QED) is 0.925. The van der Waals surface area contributed by atoms with E-state index in [1.165, 1.54) is 0 Å². The maximum absolute atomic E-state index is 11.5. The van der Waals surface area contributed by atoms with E-state index in [0.29, 0.717) is 11.5 Å². The Bertz CT molecular complexity index is 498. The van der Waals surface area contributed by atoms with Gasteiger partial charge in [-0.2, -0.15) is 0 Å². The van der Waals surface area contributed by atoms with E-state index < -0.39 is 9.84 Å². The molecule has 0 amide bonds. The van der Waals surface area contributed by atoms with Crippen molar-refractivity contribution in [2.45, 2.75) is 18.9 Å². The van der Waals surface area contributed by atoms with Gasteiger partial charge in [-0.15, -0.1) is 0 Å². The maximum atomic E-state index is 11.5.